The number of amides is 3. The lowest BCUT2D eigenvalue weighted by molar-refractivity contribution is -0.185. The van der Waals surface area contributed by atoms with E-state index in [1.807, 2.05) is 25.1 Å². The minimum Gasteiger partial charge on any atom is -0.496 e. The molecule has 312 valence electrons. The van der Waals surface area contributed by atoms with Gasteiger partial charge in [0.2, 0.25) is 5.91 Å². The predicted octanol–water partition coefficient (Wildman–Crippen LogP) is 4.57. The third kappa shape index (κ3) is 9.57. The van der Waals surface area contributed by atoms with Gasteiger partial charge in [0.15, 0.2) is 5.72 Å². The molecule has 2 aromatic carbocycles. The number of nitrogens with two attached hydrogens (primary N) is 1. The number of allylic oxidation sites excluding steroid dienone is 3. The number of likely N-dealkylation sites (N-methyl/N-ethyl adjacent to an activating group) is 1. The van der Waals surface area contributed by atoms with Gasteiger partial charge in [-0.15, -0.1) is 0 Å². The summed E-state index contributed by atoms with van der Waals surface area (Å²) >= 11 is 0. The van der Waals surface area contributed by atoms with Gasteiger partial charge in [-0.25, -0.2) is 18.4 Å². The maximum atomic E-state index is 14.7. The third-order valence-corrected chi connectivity index (χ3v) is 11.4. The van der Waals surface area contributed by atoms with Crippen LogP contribution in [0.15, 0.2) is 48.1 Å². The molecule has 5 N–H and O–H groups in total. The molecule has 0 radical (unpaired) electrons. The number of esters is 1. The first-order valence-corrected chi connectivity index (χ1v) is 18.5. The molecule has 16 heteroatoms. The van der Waals surface area contributed by atoms with Crippen LogP contribution in [0.5, 0.6) is 5.75 Å². The molecule has 2 aliphatic heterocycles. The topological polar surface area (TPSA) is 190 Å². The number of hydrogen-bond acceptors (Lipinski definition) is 11. The number of nitrogen functional groups attached to an aromatic ring is 1. The van der Waals surface area contributed by atoms with Crippen molar-refractivity contribution in [2.45, 2.75) is 96.5 Å². The van der Waals surface area contributed by atoms with Gasteiger partial charge in [-0.3, -0.25) is 14.9 Å². The summed E-state index contributed by atoms with van der Waals surface area (Å²) in [5.74, 6) is -5.95. The zero-order valence-electron chi connectivity index (χ0n) is 34.0. The Balaban J connectivity index is 1.80. The Labute approximate surface area is 331 Å². The van der Waals surface area contributed by atoms with E-state index < -0.39 is 101 Å². The van der Waals surface area contributed by atoms with E-state index in [2.05, 4.69) is 5.32 Å². The van der Waals surface area contributed by atoms with Crippen molar-refractivity contribution in [1.82, 2.24) is 10.2 Å². The van der Waals surface area contributed by atoms with Crippen molar-refractivity contribution in [2.24, 2.45) is 11.8 Å². The second kappa shape index (κ2) is 17.6. The zero-order chi connectivity index (χ0) is 42.7. The quantitative estimate of drug-likeness (QED) is 0.237. The molecule has 8 atom stereocenters. The average molecular weight is 801 g/mol. The van der Waals surface area contributed by atoms with E-state index in [1.54, 1.807) is 32.9 Å². The Hall–Kier alpha value is -5.06. The van der Waals surface area contributed by atoms with Crippen LogP contribution in [0.4, 0.5) is 25.0 Å². The number of anilines is 2. The second-order valence-electron chi connectivity index (χ2n) is 15.3. The van der Waals surface area contributed by atoms with Crippen molar-refractivity contribution in [3.05, 3.63) is 76.4 Å². The molecule has 0 aromatic heterocycles. The van der Waals surface area contributed by atoms with E-state index in [0.29, 0.717) is 35.6 Å². The molecule has 0 saturated carbocycles. The summed E-state index contributed by atoms with van der Waals surface area (Å²) in [5, 5.41) is 26.6. The van der Waals surface area contributed by atoms with Gasteiger partial charge in [0.25, 0.3) is 5.91 Å². The van der Waals surface area contributed by atoms with Crippen LogP contribution in [0.3, 0.4) is 0 Å². The fourth-order valence-electron chi connectivity index (χ4n) is 7.18. The molecular formula is C41H54F2N4O10. The first-order valence-electron chi connectivity index (χ1n) is 18.5. The number of aliphatic hydroxyl groups is 2. The summed E-state index contributed by atoms with van der Waals surface area (Å²) in [5.41, 5.74) is 3.12. The van der Waals surface area contributed by atoms with Crippen molar-refractivity contribution in [1.29, 1.82) is 0 Å². The van der Waals surface area contributed by atoms with Crippen LogP contribution in [0.2, 0.25) is 0 Å². The summed E-state index contributed by atoms with van der Waals surface area (Å²) in [7, 11) is 5.62. The number of nitrogens with zero attached hydrogens (tertiary/aromatic N) is 2. The fraction of sp³-hybridized carbons (Fsp3) is 0.512. The maximum Gasteiger partial charge on any atom is 0.409 e. The van der Waals surface area contributed by atoms with Gasteiger partial charge in [0, 0.05) is 39.3 Å². The Morgan fingerprint density at radius 2 is 1.77 bits per heavy atom. The number of nitrogens with one attached hydrogen (secondary N) is 1. The molecule has 0 unspecified atom stereocenters. The van der Waals surface area contributed by atoms with Gasteiger partial charge < -0.3 is 44.7 Å². The highest BCUT2D eigenvalue weighted by Gasteiger charge is 2.51. The molecule has 14 nitrogen and oxygen atoms in total. The van der Waals surface area contributed by atoms with Crippen molar-refractivity contribution in [3.8, 4) is 5.75 Å². The van der Waals surface area contributed by atoms with E-state index in [-0.39, 0.29) is 6.42 Å². The van der Waals surface area contributed by atoms with Crippen molar-refractivity contribution in [2.75, 3.05) is 38.9 Å². The Bertz CT molecular complexity index is 1940. The van der Waals surface area contributed by atoms with E-state index in [4.69, 9.17) is 24.7 Å². The summed E-state index contributed by atoms with van der Waals surface area (Å²) < 4.78 is 51.8. The van der Waals surface area contributed by atoms with Gasteiger partial charge in [0.05, 0.1) is 30.5 Å². The van der Waals surface area contributed by atoms with E-state index in [0.717, 1.165) is 16.0 Å². The van der Waals surface area contributed by atoms with Crippen LogP contribution < -0.4 is 20.7 Å². The van der Waals surface area contributed by atoms with Gasteiger partial charge in [-0.05, 0) is 69.7 Å². The lowest BCUT2D eigenvalue weighted by Gasteiger charge is -2.46. The third-order valence-electron chi connectivity index (χ3n) is 11.4. The molecule has 0 aliphatic carbocycles. The molecule has 1 saturated heterocycles. The number of benzene rings is 2. The highest BCUT2D eigenvalue weighted by atomic mass is 19.1. The number of ether oxygens (including phenoxy) is 4. The summed E-state index contributed by atoms with van der Waals surface area (Å²) in [6, 6.07) is 3.53. The largest absolute Gasteiger partial charge is 0.496 e. The number of fused-ring (bicyclic) bond motifs is 4. The number of hydrogen-bond donors (Lipinski definition) is 4. The number of halogens is 2. The molecule has 4 bridgehead atoms. The summed E-state index contributed by atoms with van der Waals surface area (Å²) in [6.45, 7) is 9.64. The van der Waals surface area contributed by atoms with Gasteiger partial charge in [0.1, 0.15) is 47.3 Å². The lowest BCUT2D eigenvalue weighted by Crippen LogP contribution is -2.64. The number of alkyl carbamates (subject to hydrolysis) is 1. The number of rotatable bonds is 6. The zero-order valence-corrected chi connectivity index (χ0v) is 34.0. The monoisotopic (exact) mass is 800 g/mol. The van der Waals surface area contributed by atoms with E-state index in [9.17, 15) is 38.2 Å². The minimum atomic E-state index is -2.03. The molecule has 2 aromatic rings. The van der Waals surface area contributed by atoms with Crippen LogP contribution >= 0.6 is 0 Å². The van der Waals surface area contributed by atoms with Crippen LogP contribution in [0.1, 0.15) is 68.9 Å². The number of carbonyl (C=O) groups is 4. The van der Waals surface area contributed by atoms with Crippen LogP contribution in [-0.2, 0) is 30.2 Å². The fourth-order valence-corrected chi connectivity index (χ4v) is 7.18. The lowest BCUT2D eigenvalue weighted by atomic mass is 9.73. The minimum absolute atomic E-state index is 0.171. The summed E-state index contributed by atoms with van der Waals surface area (Å²) in [6.07, 6.45) is 0.314. The molecule has 1 fully saturated rings. The maximum absolute atomic E-state index is 14.7. The molecule has 0 spiro atoms. The molecule has 57 heavy (non-hydrogen) atoms. The van der Waals surface area contributed by atoms with Crippen molar-refractivity contribution in [3.63, 3.8) is 0 Å². The smallest absolute Gasteiger partial charge is 0.409 e. The second-order valence-corrected chi connectivity index (χ2v) is 15.3. The first kappa shape index (κ1) is 44.7. The van der Waals surface area contributed by atoms with Crippen LogP contribution in [0, 0.1) is 30.4 Å². The molecular weight excluding hydrogens is 746 g/mol. The van der Waals surface area contributed by atoms with Crippen LogP contribution in [0.25, 0.3) is 0 Å². The highest BCUT2D eigenvalue weighted by Crippen LogP contribution is 2.39. The van der Waals surface area contributed by atoms with Crippen LogP contribution in [-0.4, -0.2) is 103 Å². The average Bonchev–Trinajstić information content (AvgIpc) is 3.15. The predicted molar refractivity (Wildman–Crippen MR) is 207 cm³/mol. The first-order chi connectivity index (χ1) is 26.6. The Kier molecular flexibility index (Phi) is 13.8. The van der Waals surface area contributed by atoms with Gasteiger partial charge in [-0.2, -0.15) is 0 Å². The SMILES string of the molecule is COc1cc2cc(c1C)N(C)C(=O)C[C@H](OC(=O)[C@H](C)N(C)C(=O)c1cc(F)c(N)cc1F)[C@](C)(O)[C@@H](C)[C@H](C)[C@@H]1C[C@@](O)(NC(=O)O1)[C@H](OC)/C=C/C=C(\C)C2. The molecule has 3 amide bonds. The summed E-state index contributed by atoms with van der Waals surface area (Å²) in [4.78, 5) is 56.5. The van der Waals surface area contributed by atoms with E-state index >= 15 is 0 Å². The molecule has 2 aliphatic rings. The Morgan fingerprint density at radius 1 is 1.11 bits per heavy atom. The standard InChI is InChI=1S/C41H54F2N4O10/c1-21-12-11-13-34(55-10)41(53)20-33(56-39(51)45-41)22(2)24(4)40(6,52)35(19-36(48)47(8)31-15-26(14-21)16-32(54-9)23(31)3)57-38(50)25(5)46(7)37(49)27-17-29(43)30(44)18-28(27)42/h11-13,15-18,22,24-25,33-35,52-53H,14,19-20,44H2,1-10H3,(H,45,51)/b13-11+,21-12+/t22-,24-,25-,33-,34+,35-,40+,41-/m0/s1. The van der Waals surface area contributed by atoms with Gasteiger partial charge >= 0.3 is 12.1 Å². The highest BCUT2D eigenvalue weighted by molar-refractivity contribution is 5.97. The normalized spacial score (nSPS) is 29.3. The number of carbonyl (C=O) groups excluding carboxylic acids is 4. The van der Waals surface area contributed by atoms with Crippen molar-refractivity contribution >= 4 is 35.3 Å². The molecule has 2 heterocycles. The number of methoxy groups -OCH3 is 2. The van der Waals surface area contributed by atoms with Gasteiger partial charge in [-0.1, -0.05) is 37.6 Å². The van der Waals surface area contributed by atoms with Crippen molar-refractivity contribution < 1.29 is 57.1 Å². The Morgan fingerprint density at radius 3 is 2.40 bits per heavy atom. The van der Waals surface area contributed by atoms with E-state index in [1.165, 1.54) is 47.1 Å². The molecule has 4 rings (SSSR count).